The number of benzene rings is 1. The van der Waals surface area contributed by atoms with Crippen LogP contribution in [0.5, 0.6) is 0 Å². The lowest BCUT2D eigenvalue weighted by Gasteiger charge is -2.15. The van der Waals surface area contributed by atoms with Crippen LogP contribution in [0.1, 0.15) is 23.7 Å². The molecule has 1 aromatic carbocycles. The van der Waals surface area contributed by atoms with Crippen molar-refractivity contribution < 1.29 is 13.5 Å². The number of nitriles is 1. The minimum atomic E-state index is -2.90. The summed E-state index contributed by atoms with van der Waals surface area (Å²) in [4.78, 5) is 0. The smallest absolute Gasteiger partial charge is 0.151 e. The quantitative estimate of drug-likeness (QED) is 0.831. The van der Waals surface area contributed by atoms with Gasteiger partial charge in [0.25, 0.3) is 0 Å². The predicted octanol–water partition coefficient (Wildman–Crippen LogP) is 0.368. The molecule has 0 radical (unpaired) electrons. The van der Waals surface area contributed by atoms with Crippen molar-refractivity contribution in [2.75, 3.05) is 18.1 Å². The molecule has 1 fully saturated rings. The molecule has 2 atom stereocenters. The standard InChI is InChI=1S/C13H16N2O3S/c14-7-10-1-3-11(4-2-10)13(16)8-15-12-5-6-19(17,18)9-12/h1-4,12-13,15-16H,5-6,8-9H2. The Kier molecular flexibility index (Phi) is 4.20. The first kappa shape index (κ1) is 14.0. The van der Waals surface area contributed by atoms with E-state index in [1.54, 1.807) is 24.3 Å². The summed E-state index contributed by atoms with van der Waals surface area (Å²) in [7, 11) is -2.90. The van der Waals surface area contributed by atoms with Crippen LogP contribution in [0.2, 0.25) is 0 Å². The van der Waals surface area contributed by atoms with Gasteiger partial charge in [-0.05, 0) is 24.1 Å². The van der Waals surface area contributed by atoms with Crippen molar-refractivity contribution in [3.63, 3.8) is 0 Å². The zero-order chi connectivity index (χ0) is 13.9. The lowest BCUT2D eigenvalue weighted by molar-refractivity contribution is 0.171. The van der Waals surface area contributed by atoms with Crippen molar-refractivity contribution in [2.24, 2.45) is 0 Å². The molecule has 0 bridgehead atoms. The largest absolute Gasteiger partial charge is 0.387 e. The van der Waals surface area contributed by atoms with Crippen LogP contribution in [0.4, 0.5) is 0 Å². The van der Waals surface area contributed by atoms with Gasteiger partial charge in [-0.2, -0.15) is 5.26 Å². The first-order valence-electron chi connectivity index (χ1n) is 6.12. The van der Waals surface area contributed by atoms with Crippen LogP contribution in [-0.2, 0) is 9.84 Å². The summed E-state index contributed by atoms with van der Waals surface area (Å²) >= 11 is 0. The van der Waals surface area contributed by atoms with Crippen LogP contribution >= 0.6 is 0 Å². The van der Waals surface area contributed by atoms with E-state index in [0.29, 0.717) is 24.1 Å². The molecule has 19 heavy (non-hydrogen) atoms. The van der Waals surface area contributed by atoms with Crippen molar-refractivity contribution >= 4 is 9.84 Å². The van der Waals surface area contributed by atoms with Gasteiger partial charge < -0.3 is 10.4 Å². The second-order valence-corrected chi connectivity index (χ2v) is 6.99. The first-order chi connectivity index (χ1) is 9.00. The molecule has 0 aromatic heterocycles. The number of aliphatic hydroxyl groups excluding tert-OH is 1. The maximum absolute atomic E-state index is 11.3. The van der Waals surface area contributed by atoms with Gasteiger partial charge in [0.2, 0.25) is 0 Å². The summed E-state index contributed by atoms with van der Waals surface area (Å²) in [5.41, 5.74) is 1.26. The van der Waals surface area contributed by atoms with E-state index in [4.69, 9.17) is 5.26 Å². The fourth-order valence-corrected chi connectivity index (χ4v) is 3.84. The molecule has 0 aliphatic carbocycles. The second-order valence-electron chi connectivity index (χ2n) is 4.76. The molecule has 1 aliphatic rings. The highest BCUT2D eigenvalue weighted by Crippen LogP contribution is 2.15. The van der Waals surface area contributed by atoms with Gasteiger partial charge >= 0.3 is 0 Å². The molecular weight excluding hydrogens is 264 g/mol. The van der Waals surface area contributed by atoms with Crippen LogP contribution in [0.3, 0.4) is 0 Å². The highest BCUT2D eigenvalue weighted by atomic mass is 32.2. The molecule has 1 heterocycles. The minimum absolute atomic E-state index is 0.0713. The Morgan fingerprint density at radius 1 is 1.42 bits per heavy atom. The second kappa shape index (κ2) is 5.70. The van der Waals surface area contributed by atoms with E-state index in [2.05, 4.69) is 5.32 Å². The number of nitrogens with zero attached hydrogens (tertiary/aromatic N) is 1. The van der Waals surface area contributed by atoms with Gasteiger partial charge in [-0.3, -0.25) is 0 Å². The summed E-state index contributed by atoms with van der Waals surface area (Å²) in [6, 6.07) is 8.66. The molecule has 102 valence electrons. The highest BCUT2D eigenvalue weighted by Gasteiger charge is 2.27. The number of rotatable bonds is 4. The van der Waals surface area contributed by atoms with Gasteiger partial charge in [0.1, 0.15) is 0 Å². The summed E-state index contributed by atoms with van der Waals surface area (Å²) < 4.78 is 22.6. The molecular formula is C13H16N2O3S. The zero-order valence-electron chi connectivity index (χ0n) is 10.4. The van der Waals surface area contributed by atoms with Gasteiger partial charge in [0.15, 0.2) is 9.84 Å². The van der Waals surface area contributed by atoms with E-state index in [9.17, 15) is 13.5 Å². The molecule has 2 unspecified atom stereocenters. The third-order valence-electron chi connectivity index (χ3n) is 3.26. The predicted molar refractivity (Wildman–Crippen MR) is 71.2 cm³/mol. The molecule has 6 heteroatoms. The number of hydrogen-bond donors (Lipinski definition) is 2. The number of nitrogens with one attached hydrogen (secondary N) is 1. The van der Waals surface area contributed by atoms with E-state index in [-0.39, 0.29) is 17.5 Å². The van der Waals surface area contributed by atoms with Crippen molar-refractivity contribution in [2.45, 2.75) is 18.6 Å². The monoisotopic (exact) mass is 280 g/mol. The van der Waals surface area contributed by atoms with Crippen molar-refractivity contribution in [3.8, 4) is 6.07 Å². The average Bonchev–Trinajstić information content (AvgIpc) is 2.76. The Morgan fingerprint density at radius 2 is 2.11 bits per heavy atom. The SMILES string of the molecule is N#Cc1ccc(C(O)CNC2CCS(=O)(=O)C2)cc1. The Bertz CT molecular complexity index is 575. The van der Waals surface area contributed by atoms with Crippen LogP contribution in [0, 0.1) is 11.3 Å². The van der Waals surface area contributed by atoms with Gasteiger partial charge in [-0.25, -0.2) is 8.42 Å². The molecule has 2 rings (SSSR count). The summed E-state index contributed by atoms with van der Waals surface area (Å²) in [5.74, 6) is 0.366. The normalized spacial score (nSPS) is 22.8. The molecule has 0 spiro atoms. The maximum atomic E-state index is 11.3. The van der Waals surface area contributed by atoms with E-state index >= 15 is 0 Å². The third-order valence-corrected chi connectivity index (χ3v) is 5.02. The fraction of sp³-hybridized carbons (Fsp3) is 0.462. The molecule has 1 saturated heterocycles. The first-order valence-corrected chi connectivity index (χ1v) is 7.94. The van der Waals surface area contributed by atoms with Gasteiger partial charge in [-0.1, -0.05) is 12.1 Å². The molecule has 2 N–H and O–H groups in total. The highest BCUT2D eigenvalue weighted by molar-refractivity contribution is 7.91. The van der Waals surface area contributed by atoms with Gasteiger partial charge in [-0.15, -0.1) is 0 Å². The topological polar surface area (TPSA) is 90.2 Å². The zero-order valence-corrected chi connectivity index (χ0v) is 11.2. The van der Waals surface area contributed by atoms with E-state index < -0.39 is 15.9 Å². The average molecular weight is 280 g/mol. The van der Waals surface area contributed by atoms with E-state index in [1.165, 1.54) is 0 Å². The number of sulfone groups is 1. The third kappa shape index (κ3) is 3.77. The summed E-state index contributed by atoms with van der Waals surface area (Å²) in [6.07, 6.45) is -0.0985. The lowest BCUT2D eigenvalue weighted by Crippen LogP contribution is -2.33. The Labute approximate surface area is 112 Å². The molecule has 1 aliphatic heterocycles. The van der Waals surface area contributed by atoms with Crippen molar-refractivity contribution in [1.82, 2.24) is 5.32 Å². The van der Waals surface area contributed by atoms with Crippen molar-refractivity contribution in [3.05, 3.63) is 35.4 Å². The van der Waals surface area contributed by atoms with E-state index in [0.717, 1.165) is 0 Å². The minimum Gasteiger partial charge on any atom is -0.387 e. The Hall–Kier alpha value is -1.42. The Morgan fingerprint density at radius 3 is 2.63 bits per heavy atom. The maximum Gasteiger partial charge on any atom is 0.151 e. The molecule has 5 nitrogen and oxygen atoms in total. The van der Waals surface area contributed by atoms with Crippen LogP contribution < -0.4 is 5.32 Å². The van der Waals surface area contributed by atoms with Gasteiger partial charge in [0.05, 0.1) is 29.2 Å². The molecule has 0 amide bonds. The van der Waals surface area contributed by atoms with Gasteiger partial charge in [0, 0.05) is 12.6 Å². The van der Waals surface area contributed by atoms with Crippen molar-refractivity contribution in [1.29, 1.82) is 5.26 Å². The fourth-order valence-electron chi connectivity index (χ4n) is 2.13. The van der Waals surface area contributed by atoms with Crippen LogP contribution in [0.25, 0.3) is 0 Å². The molecule has 0 saturated carbocycles. The number of hydrogen-bond acceptors (Lipinski definition) is 5. The summed E-state index contributed by atoms with van der Waals surface area (Å²) in [6.45, 7) is 0.312. The van der Waals surface area contributed by atoms with Crippen LogP contribution in [0.15, 0.2) is 24.3 Å². The Balaban J connectivity index is 1.87. The van der Waals surface area contributed by atoms with E-state index in [1.807, 2.05) is 6.07 Å². The lowest BCUT2D eigenvalue weighted by atomic mass is 10.1. The summed E-state index contributed by atoms with van der Waals surface area (Å²) in [5, 5.41) is 21.7. The van der Waals surface area contributed by atoms with Crippen LogP contribution in [-0.4, -0.2) is 37.6 Å². The molecule has 1 aromatic rings. The number of aliphatic hydroxyl groups is 1.